The van der Waals surface area contributed by atoms with Crippen LogP contribution in [0.2, 0.25) is 0 Å². The summed E-state index contributed by atoms with van der Waals surface area (Å²) in [5.74, 6) is -0.0341. The molecule has 0 unspecified atom stereocenters. The van der Waals surface area contributed by atoms with Gasteiger partial charge in [0, 0.05) is 29.3 Å². The molecule has 1 atom stereocenters. The lowest BCUT2D eigenvalue weighted by atomic mass is 10.1. The van der Waals surface area contributed by atoms with E-state index in [9.17, 15) is 13.2 Å². The number of thiazole rings is 2. The second-order valence-electron chi connectivity index (χ2n) is 7.01. The van der Waals surface area contributed by atoms with Crippen molar-refractivity contribution in [2.45, 2.75) is 52.0 Å². The highest BCUT2D eigenvalue weighted by Gasteiger charge is 2.19. The molecule has 1 aromatic carbocycles. The summed E-state index contributed by atoms with van der Waals surface area (Å²) in [7, 11) is -2.69. The Morgan fingerprint density at radius 3 is 2.32 bits per heavy atom. The zero-order chi connectivity index (χ0) is 22.2. The van der Waals surface area contributed by atoms with Gasteiger partial charge in [0.05, 0.1) is 22.4 Å². The van der Waals surface area contributed by atoms with E-state index < -0.39 is 10.9 Å². The summed E-state index contributed by atoms with van der Waals surface area (Å²) in [6.07, 6.45) is 3.31. The van der Waals surface area contributed by atoms with Gasteiger partial charge in [0.1, 0.15) is 5.01 Å². The minimum Gasteiger partial charge on any atom is -0.347 e. The number of benzene rings is 1. The van der Waals surface area contributed by atoms with E-state index in [1.54, 1.807) is 34.8 Å². The summed E-state index contributed by atoms with van der Waals surface area (Å²) in [6, 6.07) is 6.90. The number of aryl methyl sites for hydroxylation is 3. The van der Waals surface area contributed by atoms with E-state index in [2.05, 4.69) is 33.9 Å². The largest absolute Gasteiger partial charge is 0.347 e. The first-order chi connectivity index (χ1) is 15.0. The molecule has 0 aliphatic carbocycles. The number of anilines is 1. The molecule has 3 aromatic rings. The third-order valence-corrected chi connectivity index (χ3v) is 7.11. The zero-order valence-electron chi connectivity index (χ0n) is 17.5. The number of hydrogen-bond donors (Lipinski definition) is 3. The van der Waals surface area contributed by atoms with Crippen molar-refractivity contribution >= 4 is 45.2 Å². The third kappa shape index (κ3) is 7.12. The topological polar surface area (TPSA) is 101 Å². The molecule has 2 aromatic heterocycles. The number of carbonyl (C=O) groups is 1. The summed E-state index contributed by atoms with van der Waals surface area (Å²) in [5, 5.41) is 9.04. The summed E-state index contributed by atoms with van der Waals surface area (Å²) in [6.45, 7) is 4.12. The van der Waals surface area contributed by atoms with Crippen molar-refractivity contribution in [1.82, 2.24) is 15.3 Å². The number of aromatic nitrogens is 2. The van der Waals surface area contributed by atoms with Gasteiger partial charge < -0.3 is 5.32 Å². The van der Waals surface area contributed by atoms with E-state index in [0.29, 0.717) is 24.9 Å². The standard InChI is InChI=1S/C21H26N4O3S3/c1-3-15-12-29-20(22-15)10-9-19(26)24-18(21-23-16(4-2)13-30-21)11-14-5-7-17(8-6-14)25-31(27)28/h5-8,12-13,18,31H,3-4,9-11H2,1-2H3,(H,24,26)(H,25,27,28)/t18-/m0/s1. The monoisotopic (exact) mass is 478 g/mol. The quantitative estimate of drug-likeness (QED) is 0.365. The first-order valence-corrected chi connectivity index (χ1v) is 13.1. The van der Waals surface area contributed by atoms with Crippen molar-refractivity contribution in [3.63, 3.8) is 0 Å². The van der Waals surface area contributed by atoms with Crippen molar-refractivity contribution < 1.29 is 13.2 Å². The molecule has 2 N–H and O–H groups in total. The number of thiol groups is 1. The molecule has 3 rings (SSSR count). The molecule has 31 heavy (non-hydrogen) atoms. The van der Waals surface area contributed by atoms with Crippen LogP contribution >= 0.6 is 22.7 Å². The lowest BCUT2D eigenvalue weighted by Gasteiger charge is -2.17. The summed E-state index contributed by atoms with van der Waals surface area (Å²) < 4.78 is 24.0. The van der Waals surface area contributed by atoms with Crippen LogP contribution in [0, 0.1) is 0 Å². The Kier molecular flexibility index (Phi) is 8.56. The maximum absolute atomic E-state index is 12.7. The second-order valence-corrected chi connectivity index (χ2v) is 9.58. The van der Waals surface area contributed by atoms with E-state index in [4.69, 9.17) is 0 Å². The van der Waals surface area contributed by atoms with Crippen molar-refractivity contribution in [3.8, 4) is 0 Å². The van der Waals surface area contributed by atoms with Gasteiger partial charge >= 0.3 is 0 Å². The van der Waals surface area contributed by atoms with Crippen LogP contribution in [0.25, 0.3) is 0 Å². The van der Waals surface area contributed by atoms with Crippen LogP contribution in [-0.4, -0.2) is 24.3 Å². The maximum atomic E-state index is 12.7. The molecule has 0 fully saturated rings. The molecule has 0 saturated heterocycles. The number of carbonyl (C=O) groups excluding carboxylic acids is 1. The molecule has 166 valence electrons. The summed E-state index contributed by atoms with van der Waals surface area (Å²) in [5.41, 5.74) is 3.57. The van der Waals surface area contributed by atoms with Gasteiger partial charge in [0.15, 0.2) is 0 Å². The molecule has 0 radical (unpaired) electrons. The highest BCUT2D eigenvalue weighted by atomic mass is 32.2. The Balaban J connectivity index is 1.67. The molecule has 0 aliphatic rings. The SMILES string of the molecule is CCc1csc(CCC(=O)N[C@@H](Cc2ccc(N[SH](=O)=O)cc2)c2nc(CC)cs2)n1. The van der Waals surface area contributed by atoms with Crippen LogP contribution in [0.15, 0.2) is 35.0 Å². The summed E-state index contributed by atoms with van der Waals surface area (Å²) >= 11 is 3.14. The number of rotatable bonds is 11. The van der Waals surface area contributed by atoms with Crippen LogP contribution < -0.4 is 10.0 Å². The Labute approximate surface area is 192 Å². The average molecular weight is 479 g/mol. The fraction of sp³-hybridized carbons (Fsp3) is 0.381. The molecule has 2 heterocycles. The van der Waals surface area contributed by atoms with Crippen LogP contribution in [0.1, 0.15) is 53.3 Å². The van der Waals surface area contributed by atoms with E-state index in [1.807, 2.05) is 22.9 Å². The van der Waals surface area contributed by atoms with Gasteiger partial charge in [0.25, 0.3) is 0 Å². The van der Waals surface area contributed by atoms with Crippen LogP contribution in [0.3, 0.4) is 0 Å². The second kappa shape index (κ2) is 11.4. The first-order valence-electron chi connectivity index (χ1n) is 10.1. The third-order valence-electron chi connectivity index (χ3n) is 4.71. The molecule has 10 heteroatoms. The smallest absolute Gasteiger partial charge is 0.222 e. The molecule has 0 spiro atoms. The normalized spacial score (nSPS) is 12.1. The highest BCUT2D eigenvalue weighted by Crippen LogP contribution is 2.24. The predicted octanol–water partition coefficient (Wildman–Crippen LogP) is 3.70. The number of nitrogens with one attached hydrogen (secondary N) is 2. The fourth-order valence-corrected chi connectivity index (χ4v) is 5.21. The minimum absolute atomic E-state index is 0.0341. The van der Waals surface area contributed by atoms with Gasteiger partial charge in [-0.1, -0.05) is 26.0 Å². The van der Waals surface area contributed by atoms with Gasteiger partial charge in [0.2, 0.25) is 16.8 Å². The number of nitrogens with zero attached hydrogens (tertiary/aromatic N) is 2. The van der Waals surface area contributed by atoms with E-state index >= 15 is 0 Å². The molecule has 0 bridgehead atoms. The van der Waals surface area contributed by atoms with E-state index in [1.165, 1.54) is 0 Å². The molecule has 0 saturated carbocycles. The average Bonchev–Trinajstić information content (AvgIpc) is 3.42. The van der Waals surface area contributed by atoms with E-state index in [0.717, 1.165) is 39.8 Å². The van der Waals surface area contributed by atoms with Gasteiger partial charge in [-0.15, -0.1) is 22.7 Å². The minimum atomic E-state index is -2.69. The lowest BCUT2D eigenvalue weighted by Crippen LogP contribution is -2.30. The molecular formula is C21H26N4O3S3. The maximum Gasteiger partial charge on any atom is 0.222 e. The molecule has 0 aliphatic heterocycles. The van der Waals surface area contributed by atoms with Crippen LogP contribution in [-0.2, 0) is 41.4 Å². The highest BCUT2D eigenvalue weighted by molar-refractivity contribution is 7.73. The van der Waals surface area contributed by atoms with Gasteiger partial charge in [-0.25, -0.2) is 18.4 Å². The Hall–Kier alpha value is -2.30. The molecule has 7 nitrogen and oxygen atoms in total. The molecular weight excluding hydrogens is 452 g/mol. The zero-order valence-corrected chi connectivity index (χ0v) is 20.0. The Morgan fingerprint density at radius 1 is 1.03 bits per heavy atom. The fourth-order valence-electron chi connectivity index (χ4n) is 3.01. The van der Waals surface area contributed by atoms with Gasteiger partial charge in [-0.2, -0.15) is 0 Å². The summed E-state index contributed by atoms with van der Waals surface area (Å²) in [4.78, 5) is 21.9. The van der Waals surface area contributed by atoms with Gasteiger partial charge in [-0.05, 0) is 37.0 Å². The van der Waals surface area contributed by atoms with Crippen molar-refractivity contribution in [2.24, 2.45) is 0 Å². The Morgan fingerprint density at radius 2 is 1.71 bits per heavy atom. The number of hydrogen-bond acceptors (Lipinski definition) is 7. The van der Waals surface area contributed by atoms with Gasteiger partial charge in [-0.3, -0.25) is 9.52 Å². The Bertz CT molecular complexity index is 1070. The lowest BCUT2D eigenvalue weighted by molar-refractivity contribution is -0.121. The van der Waals surface area contributed by atoms with Crippen LogP contribution in [0.4, 0.5) is 5.69 Å². The van der Waals surface area contributed by atoms with E-state index in [-0.39, 0.29) is 11.9 Å². The first kappa shape index (κ1) is 23.4. The van der Waals surface area contributed by atoms with Crippen molar-refractivity contribution in [2.75, 3.05) is 4.72 Å². The number of amides is 1. The predicted molar refractivity (Wildman–Crippen MR) is 126 cm³/mol. The van der Waals surface area contributed by atoms with Crippen molar-refractivity contribution in [1.29, 1.82) is 0 Å². The van der Waals surface area contributed by atoms with Crippen molar-refractivity contribution in [3.05, 3.63) is 62.0 Å². The van der Waals surface area contributed by atoms with Crippen LogP contribution in [0.5, 0.6) is 0 Å². The molecule has 1 amide bonds.